The van der Waals surface area contributed by atoms with E-state index in [9.17, 15) is 0 Å². The van der Waals surface area contributed by atoms with Crippen molar-refractivity contribution in [2.45, 2.75) is 19.4 Å². The molecule has 0 aromatic heterocycles. The standard InChI is InChI=1S/C20H25N3O3/c1-14(16-6-4-5-7-17(16)24-3)11-22-20(21-2)23-12-15-8-9-18-19(10-15)26-13-25-18/h4-10,14H,11-13H2,1-3H3,(H2,21,22,23). The van der Waals surface area contributed by atoms with Crippen LogP contribution in [0.4, 0.5) is 0 Å². The maximum absolute atomic E-state index is 5.45. The SMILES string of the molecule is CN=C(NCc1ccc2c(c1)OCO2)NCC(C)c1ccccc1OC. The summed E-state index contributed by atoms with van der Waals surface area (Å²) in [6, 6.07) is 14.0. The second kappa shape index (κ2) is 8.47. The zero-order valence-corrected chi connectivity index (χ0v) is 15.4. The average molecular weight is 355 g/mol. The van der Waals surface area contributed by atoms with E-state index >= 15 is 0 Å². The first kappa shape index (κ1) is 17.9. The Kier molecular flexibility index (Phi) is 5.84. The van der Waals surface area contributed by atoms with Crippen molar-refractivity contribution in [3.8, 4) is 17.2 Å². The Hall–Kier alpha value is -2.89. The molecule has 26 heavy (non-hydrogen) atoms. The first-order valence-electron chi connectivity index (χ1n) is 8.67. The van der Waals surface area contributed by atoms with Gasteiger partial charge < -0.3 is 24.8 Å². The Bertz CT molecular complexity index is 777. The summed E-state index contributed by atoms with van der Waals surface area (Å²) in [4.78, 5) is 4.29. The summed E-state index contributed by atoms with van der Waals surface area (Å²) in [5.41, 5.74) is 2.28. The van der Waals surface area contributed by atoms with Gasteiger partial charge in [-0.1, -0.05) is 31.2 Å². The normalized spacial score (nSPS) is 14.0. The van der Waals surface area contributed by atoms with E-state index in [0.29, 0.717) is 6.54 Å². The minimum absolute atomic E-state index is 0.287. The van der Waals surface area contributed by atoms with E-state index in [1.165, 1.54) is 5.56 Å². The van der Waals surface area contributed by atoms with E-state index in [1.807, 2.05) is 36.4 Å². The molecule has 0 bridgehead atoms. The summed E-state index contributed by atoms with van der Waals surface area (Å²) in [5, 5.41) is 6.69. The molecule has 0 spiro atoms. The quantitative estimate of drug-likeness (QED) is 0.616. The average Bonchev–Trinajstić information content (AvgIpc) is 3.15. The van der Waals surface area contributed by atoms with E-state index in [1.54, 1.807) is 14.2 Å². The fourth-order valence-electron chi connectivity index (χ4n) is 2.89. The Morgan fingerprint density at radius 2 is 1.96 bits per heavy atom. The fraction of sp³-hybridized carbons (Fsp3) is 0.350. The fourth-order valence-corrected chi connectivity index (χ4v) is 2.89. The van der Waals surface area contributed by atoms with Crippen LogP contribution in [0.3, 0.4) is 0 Å². The second-order valence-corrected chi connectivity index (χ2v) is 6.14. The number of methoxy groups -OCH3 is 1. The number of aliphatic imine (C=N–C) groups is 1. The van der Waals surface area contributed by atoms with Gasteiger partial charge in [-0.2, -0.15) is 0 Å². The summed E-state index contributed by atoms with van der Waals surface area (Å²) in [7, 11) is 3.47. The molecule has 3 rings (SSSR count). The first-order chi connectivity index (χ1) is 12.7. The molecule has 2 aromatic carbocycles. The van der Waals surface area contributed by atoms with Gasteiger partial charge in [-0.05, 0) is 29.3 Å². The molecule has 138 valence electrons. The summed E-state index contributed by atoms with van der Waals surface area (Å²) in [6.45, 7) is 3.85. The second-order valence-electron chi connectivity index (χ2n) is 6.14. The van der Waals surface area contributed by atoms with Gasteiger partial charge in [-0.25, -0.2) is 0 Å². The van der Waals surface area contributed by atoms with Crippen molar-refractivity contribution in [1.82, 2.24) is 10.6 Å². The highest BCUT2D eigenvalue weighted by Gasteiger charge is 2.14. The van der Waals surface area contributed by atoms with E-state index < -0.39 is 0 Å². The molecule has 0 saturated heterocycles. The smallest absolute Gasteiger partial charge is 0.231 e. The van der Waals surface area contributed by atoms with Crippen LogP contribution in [-0.4, -0.2) is 33.5 Å². The van der Waals surface area contributed by atoms with Crippen LogP contribution in [0.25, 0.3) is 0 Å². The molecule has 1 aliphatic rings. The van der Waals surface area contributed by atoms with Crippen LogP contribution in [0.5, 0.6) is 17.2 Å². The maximum Gasteiger partial charge on any atom is 0.231 e. The van der Waals surface area contributed by atoms with E-state index in [-0.39, 0.29) is 12.7 Å². The number of nitrogens with one attached hydrogen (secondary N) is 2. The summed E-state index contributed by atoms with van der Waals surface area (Å²) >= 11 is 0. The predicted octanol–water partition coefficient (Wildman–Crippen LogP) is 2.89. The molecule has 0 fully saturated rings. The molecule has 0 amide bonds. The lowest BCUT2D eigenvalue weighted by atomic mass is 10.0. The Balaban J connectivity index is 1.53. The predicted molar refractivity (Wildman–Crippen MR) is 102 cm³/mol. The number of hydrogen-bond donors (Lipinski definition) is 2. The number of guanidine groups is 1. The molecule has 0 radical (unpaired) electrons. The molecule has 6 nitrogen and oxygen atoms in total. The highest BCUT2D eigenvalue weighted by molar-refractivity contribution is 5.79. The summed E-state index contributed by atoms with van der Waals surface area (Å²) < 4.78 is 16.2. The van der Waals surface area contributed by atoms with Gasteiger partial charge in [0.05, 0.1) is 7.11 Å². The van der Waals surface area contributed by atoms with Gasteiger partial charge in [0, 0.05) is 26.1 Å². The van der Waals surface area contributed by atoms with E-state index in [2.05, 4.69) is 28.6 Å². The minimum atomic E-state index is 0.287. The number of hydrogen-bond acceptors (Lipinski definition) is 4. The van der Waals surface area contributed by atoms with Crippen molar-refractivity contribution in [3.05, 3.63) is 53.6 Å². The molecule has 0 saturated carbocycles. The highest BCUT2D eigenvalue weighted by Crippen LogP contribution is 2.32. The van der Waals surface area contributed by atoms with Gasteiger partial charge in [0.2, 0.25) is 6.79 Å². The molecular formula is C20H25N3O3. The molecule has 2 N–H and O–H groups in total. The van der Waals surface area contributed by atoms with Gasteiger partial charge in [0.25, 0.3) is 0 Å². The maximum atomic E-state index is 5.45. The lowest BCUT2D eigenvalue weighted by Crippen LogP contribution is -2.38. The van der Waals surface area contributed by atoms with E-state index in [4.69, 9.17) is 14.2 Å². The van der Waals surface area contributed by atoms with Crippen LogP contribution in [0.15, 0.2) is 47.5 Å². The van der Waals surface area contributed by atoms with Gasteiger partial charge in [-0.3, -0.25) is 4.99 Å². The number of nitrogens with zero attached hydrogens (tertiary/aromatic N) is 1. The Morgan fingerprint density at radius 3 is 2.77 bits per heavy atom. The highest BCUT2D eigenvalue weighted by atomic mass is 16.7. The van der Waals surface area contributed by atoms with Crippen LogP contribution in [-0.2, 0) is 6.54 Å². The summed E-state index contributed by atoms with van der Waals surface area (Å²) in [6.07, 6.45) is 0. The van der Waals surface area contributed by atoms with E-state index in [0.717, 1.165) is 35.3 Å². The molecule has 1 heterocycles. The third-order valence-corrected chi connectivity index (χ3v) is 4.37. The Morgan fingerprint density at radius 1 is 1.15 bits per heavy atom. The molecule has 0 aliphatic carbocycles. The third-order valence-electron chi connectivity index (χ3n) is 4.37. The van der Waals surface area contributed by atoms with Crippen LogP contribution in [0, 0.1) is 0 Å². The van der Waals surface area contributed by atoms with Crippen LogP contribution >= 0.6 is 0 Å². The topological polar surface area (TPSA) is 64.1 Å². The number of benzene rings is 2. The lowest BCUT2D eigenvalue weighted by molar-refractivity contribution is 0.174. The largest absolute Gasteiger partial charge is 0.496 e. The van der Waals surface area contributed by atoms with Crippen molar-refractivity contribution in [1.29, 1.82) is 0 Å². The number of para-hydroxylation sites is 1. The number of rotatable bonds is 6. The van der Waals surface area contributed by atoms with Gasteiger partial charge in [0.1, 0.15) is 5.75 Å². The van der Waals surface area contributed by atoms with Crippen LogP contribution < -0.4 is 24.8 Å². The number of ether oxygens (including phenoxy) is 3. The van der Waals surface area contributed by atoms with Crippen molar-refractivity contribution >= 4 is 5.96 Å². The molecule has 1 atom stereocenters. The zero-order chi connectivity index (χ0) is 18.4. The monoisotopic (exact) mass is 355 g/mol. The Labute approximate surface area is 154 Å². The van der Waals surface area contributed by atoms with Crippen molar-refractivity contribution in [2.24, 2.45) is 4.99 Å². The molecule has 1 unspecified atom stereocenters. The first-order valence-corrected chi connectivity index (χ1v) is 8.67. The molecule has 2 aromatic rings. The van der Waals surface area contributed by atoms with Gasteiger partial charge in [0.15, 0.2) is 17.5 Å². The van der Waals surface area contributed by atoms with Crippen molar-refractivity contribution in [3.63, 3.8) is 0 Å². The third kappa shape index (κ3) is 4.20. The minimum Gasteiger partial charge on any atom is -0.496 e. The zero-order valence-electron chi connectivity index (χ0n) is 15.4. The number of fused-ring (bicyclic) bond motifs is 1. The molecular weight excluding hydrogens is 330 g/mol. The molecule has 1 aliphatic heterocycles. The van der Waals surface area contributed by atoms with Crippen LogP contribution in [0.2, 0.25) is 0 Å². The molecule has 6 heteroatoms. The van der Waals surface area contributed by atoms with Gasteiger partial charge in [-0.15, -0.1) is 0 Å². The van der Waals surface area contributed by atoms with Crippen LogP contribution in [0.1, 0.15) is 24.0 Å². The van der Waals surface area contributed by atoms with Crippen molar-refractivity contribution in [2.75, 3.05) is 27.5 Å². The summed E-state index contributed by atoms with van der Waals surface area (Å²) in [5.74, 6) is 3.53. The lowest BCUT2D eigenvalue weighted by Gasteiger charge is -2.18. The van der Waals surface area contributed by atoms with Crippen molar-refractivity contribution < 1.29 is 14.2 Å². The van der Waals surface area contributed by atoms with Gasteiger partial charge >= 0.3 is 0 Å².